The Morgan fingerprint density at radius 3 is 2.47 bits per heavy atom. The van der Waals surface area contributed by atoms with E-state index in [0.717, 1.165) is 17.9 Å². The van der Waals surface area contributed by atoms with Gasteiger partial charge < -0.3 is 15.3 Å². The molecule has 0 aromatic carbocycles. The Kier molecular flexibility index (Phi) is 4.65. The number of thiophene rings is 1. The van der Waals surface area contributed by atoms with Crippen molar-refractivity contribution >= 4 is 23.2 Å². The minimum atomic E-state index is -1.00. The highest BCUT2D eigenvalue weighted by molar-refractivity contribution is 7.15. The summed E-state index contributed by atoms with van der Waals surface area (Å²) in [6.07, 6.45) is 0. The summed E-state index contributed by atoms with van der Waals surface area (Å²) in [6.45, 7) is 2.65. The Morgan fingerprint density at radius 1 is 1.41 bits per heavy atom. The third kappa shape index (κ3) is 4.16. The van der Waals surface area contributed by atoms with E-state index in [4.69, 9.17) is 5.11 Å². The average Bonchev–Trinajstić information content (AvgIpc) is 2.64. The second-order valence-electron chi connectivity index (χ2n) is 4.11. The zero-order valence-electron chi connectivity index (χ0n) is 10.1. The Labute approximate surface area is 104 Å². The van der Waals surface area contributed by atoms with E-state index in [2.05, 4.69) is 5.32 Å². The standard InChI is InChI=1S/C11H16N2O3S/c1-7(6-13(2)3)12-10(14)8-4-5-9(17-8)11(15)16/h4-5,7H,6H2,1-3H3,(H,12,14)(H,15,16). The SMILES string of the molecule is CC(CN(C)C)NC(=O)c1ccc(C(=O)O)s1. The molecule has 5 nitrogen and oxygen atoms in total. The second kappa shape index (κ2) is 5.79. The predicted molar refractivity (Wildman–Crippen MR) is 66.8 cm³/mol. The Bertz CT molecular complexity index is 415. The van der Waals surface area contributed by atoms with E-state index >= 15 is 0 Å². The maximum Gasteiger partial charge on any atom is 0.345 e. The first-order chi connectivity index (χ1) is 7.90. The predicted octanol–water partition coefficient (Wildman–Crippen LogP) is 1.13. The quantitative estimate of drug-likeness (QED) is 0.828. The number of carboxylic acid groups (broad SMARTS) is 1. The van der Waals surface area contributed by atoms with Gasteiger partial charge in [-0.2, -0.15) is 0 Å². The molecule has 94 valence electrons. The Hall–Kier alpha value is -1.40. The van der Waals surface area contributed by atoms with Gasteiger partial charge in [-0.05, 0) is 33.2 Å². The van der Waals surface area contributed by atoms with Crippen LogP contribution >= 0.6 is 11.3 Å². The highest BCUT2D eigenvalue weighted by atomic mass is 32.1. The summed E-state index contributed by atoms with van der Waals surface area (Å²) < 4.78 is 0. The summed E-state index contributed by atoms with van der Waals surface area (Å²) in [5.41, 5.74) is 0. The van der Waals surface area contributed by atoms with Gasteiger partial charge in [0, 0.05) is 12.6 Å². The first-order valence-electron chi connectivity index (χ1n) is 5.19. The molecular formula is C11H16N2O3S. The molecule has 0 aliphatic rings. The molecule has 0 saturated heterocycles. The van der Waals surface area contributed by atoms with E-state index in [1.165, 1.54) is 12.1 Å². The molecule has 1 atom stereocenters. The van der Waals surface area contributed by atoms with Crippen molar-refractivity contribution in [2.45, 2.75) is 13.0 Å². The fraction of sp³-hybridized carbons (Fsp3) is 0.455. The van der Waals surface area contributed by atoms with Gasteiger partial charge in [0.2, 0.25) is 0 Å². The van der Waals surface area contributed by atoms with Crippen LogP contribution in [0.1, 0.15) is 26.3 Å². The highest BCUT2D eigenvalue weighted by Gasteiger charge is 2.14. The lowest BCUT2D eigenvalue weighted by molar-refractivity contribution is 0.0702. The molecule has 1 aromatic rings. The van der Waals surface area contributed by atoms with Gasteiger partial charge in [-0.15, -0.1) is 11.3 Å². The molecule has 0 spiro atoms. The molecule has 1 heterocycles. The fourth-order valence-corrected chi connectivity index (χ4v) is 2.21. The van der Waals surface area contributed by atoms with E-state index < -0.39 is 5.97 Å². The van der Waals surface area contributed by atoms with Gasteiger partial charge in [0.25, 0.3) is 5.91 Å². The molecule has 0 aliphatic carbocycles. The van der Waals surface area contributed by atoms with Gasteiger partial charge in [-0.3, -0.25) is 4.79 Å². The van der Waals surface area contributed by atoms with Crippen LogP contribution in [-0.4, -0.2) is 48.6 Å². The van der Waals surface area contributed by atoms with Gasteiger partial charge in [-0.1, -0.05) is 0 Å². The van der Waals surface area contributed by atoms with Crippen LogP contribution in [0.2, 0.25) is 0 Å². The number of hydrogen-bond acceptors (Lipinski definition) is 4. The molecule has 6 heteroatoms. The maximum atomic E-state index is 11.8. The van der Waals surface area contributed by atoms with Crippen LogP contribution in [0.5, 0.6) is 0 Å². The number of nitrogens with one attached hydrogen (secondary N) is 1. The number of likely N-dealkylation sites (N-methyl/N-ethyl adjacent to an activating group) is 1. The van der Waals surface area contributed by atoms with Gasteiger partial charge in [0.15, 0.2) is 0 Å². The molecular weight excluding hydrogens is 240 g/mol. The minimum Gasteiger partial charge on any atom is -0.477 e. The van der Waals surface area contributed by atoms with Crippen LogP contribution in [0.15, 0.2) is 12.1 Å². The third-order valence-electron chi connectivity index (χ3n) is 2.06. The van der Waals surface area contributed by atoms with Crippen molar-refractivity contribution in [1.29, 1.82) is 0 Å². The lowest BCUT2D eigenvalue weighted by Gasteiger charge is -2.17. The van der Waals surface area contributed by atoms with Crippen LogP contribution in [0, 0.1) is 0 Å². The van der Waals surface area contributed by atoms with Gasteiger partial charge in [0.1, 0.15) is 4.88 Å². The summed E-state index contributed by atoms with van der Waals surface area (Å²) in [7, 11) is 3.85. The Morgan fingerprint density at radius 2 is 2.00 bits per heavy atom. The van der Waals surface area contributed by atoms with E-state index in [1.54, 1.807) is 0 Å². The van der Waals surface area contributed by atoms with Crippen LogP contribution < -0.4 is 5.32 Å². The summed E-state index contributed by atoms with van der Waals surface area (Å²) >= 11 is 0.985. The molecule has 0 aliphatic heterocycles. The van der Waals surface area contributed by atoms with Crippen LogP contribution in [-0.2, 0) is 0 Å². The number of carbonyl (C=O) groups excluding carboxylic acids is 1. The molecule has 0 radical (unpaired) electrons. The van der Waals surface area contributed by atoms with Gasteiger partial charge >= 0.3 is 5.97 Å². The fourth-order valence-electron chi connectivity index (χ4n) is 1.46. The van der Waals surface area contributed by atoms with Crippen LogP contribution in [0.3, 0.4) is 0 Å². The number of carbonyl (C=O) groups is 2. The molecule has 0 saturated carbocycles. The van der Waals surface area contributed by atoms with E-state index in [-0.39, 0.29) is 16.8 Å². The third-order valence-corrected chi connectivity index (χ3v) is 3.13. The van der Waals surface area contributed by atoms with Crippen molar-refractivity contribution in [3.63, 3.8) is 0 Å². The van der Waals surface area contributed by atoms with Crippen molar-refractivity contribution in [2.75, 3.05) is 20.6 Å². The number of aromatic carboxylic acids is 1. The second-order valence-corrected chi connectivity index (χ2v) is 5.19. The van der Waals surface area contributed by atoms with Crippen LogP contribution in [0.25, 0.3) is 0 Å². The van der Waals surface area contributed by atoms with E-state index in [0.29, 0.717) is 4.88 Å². The minimum absolute atomic E-state index is 0.0212. The normalized spacial score (nSPS) is 12.5. The first kappa shape index (κ1) is 13.7. The number of nitrogens with zero attached hydrogens (tertiary/aromatic N) is 1. The number of hydrogen-bond donors (Lipinski definition) is 2. The summed E-state index contributed by atoms with van der Waals surface area (Å²) in [5, 5.41) is 11.6. The highest BCUT2D eigenvalue weighted by Crippen LogP contribution is 2.16. The molecule has 1 rings (SSSR count). The van der Waals surface area contributed by atoms with Crippen molar-refractivity contribution < 1.29 is 14.7 Å². The lowest BCUT2D eigenvalue weighted by atomic mass is 10.3. The largest absolute Gasteiger partial charge is 0.477 e. The molecule has 2 N–H and O–H groups in total. The molecule has 0 bridgehead atoms. The molecule has 1 amide bonds. The van der Waals surface area contributed by atoms with Crippen molar-refractivity contribution in [2.24, 2.45) is 0 Å². The van der Waals surface area contributed by atoms with Crippen molar-refractivity contribution in [3.8, 4) is 0 Å². The van der Waals surface area contributed by atoms with Crippen LogP contribution in [0.4, 0.5) is 0 Å². The number of rotatable bonds is 5. The molecule has 1 unspecified atom stereocenters. The van der Waals surface area contributed by atoms with E-state index in [9.17, 15) is 9.59 Å². The maximum absolute atomic E-state index is 11.8. The molecule has 17 heavy (non-hydrogen) atoms. The average molecular weight is 256 g/mol. The monoisotopic (exact) mass is 256 g/mol. The zero-order chi connectivity index (χ0) is 13.0. The molecule has 0 fully saturated rings. The number of amides is 1. The summed E-state index contributed by atoms with van der Waals surface area (Å²) in [5.74, 6) is -1.23. The first-order valence-corrected chi connectivity index (χ1v) is 6.00. The van der Waals surface area contributed by atoms with Gasteiger partial charge in [-0.25, -0.2) is 4.79 Å². The zero-order valence-corrected chi connectivity index (χ0v) is 10.9. The van der Waals surface area contributed by atoms with Crippen molar-refractivity contribution in [3.05, 3.63) is 21.9 Å². The van der Waals surface area contributed by atoms with Crippen molar-refractivity contribution in [1.82, 2.24) is 10.2 Å². The summed E-state index contributed by atoms with van der Waals surface area (Å²) in [4.78, 5) is 25.0. The Balaban J connectivity index is 2.60. The van der Waals surface area contributed by atoms with E-state index in [1.807, 2.05) is 25.9 Å². The molecule has 1 aromatic heterocycles. The number of carboxylic acids is 1. The van der Waals surface area contributed by atoms with Gasteiger partial charge in [0.05, 0.1) is 4.88 Å². The lowest BCUT2D eigenvalue weighted by Crippen LogP contribution is -2.39. The smallest absolute Gasteiger partial charge is 0.345 e. The summed E-state index contributed by atoms with van der Waals surface area (Å²) in [6, 6.07) is 3.00. The topological polar surface area (TPSA) is 69.6 Å².